The van der Waals surface area contributed by atoms with Crippen molar-refractivity contribution in [2.24, 2.45) is 5.92 Å². The molecule has 1 aliphatic carbocycles. The largest absolute Gasteiger partial charge is 0.480 e. The molecule has 0 aromatic carbocycles. The second-order valence-electron chi connectivity index (χ2n) is 4.24. The van der Waals surface area contributed by atoms with Crippen molar-refractivity contribution in [3.05, 3.63) is 21.3 Å². The summed E-state index contributed by atoms with van der Waals surface area (Å²) >= 11 is 7.43. The van der Waals surface area contributed by atoms with Crippen LogP contribution in [0.2, 0.25) is 5.02 Å². The van der Waals surface area contributed by atoms with Crippen LogP contribution in [0.3, 0.4) is 0 Å². The second-order valence-corrected chi connectivity index (χ2v) is 5.67. The average Bonchev–Trinajstić information content (AvgIpc) is 2.89. The van der Waals surface area contributed by atoms with Crippen LogP contribution in [0.1, 0.15) is 17.7 Å². The van der Waals surface area contributed by atoms with Gasteiger partial charge in [0.05, 0.1) is 11.6 Å². The minimum Gasteiger partial charge on any atom is -0.480 e. The van der Waals surface area contributed by atoms with Crippen LogP contribution >= 0.6 is 22.9 Å². The second kappa shape index (κ2) is 5.17. The van der Waals surface area contributed by atoms with E-state index in [4.69, 9.17) is 16.7 Å². The number of carboxylic acid groups (broad SMARTS) is 1. The quantitative estimate of drug-likeness (QED) is 0.854. The highest BCUT2D eigenvalue weighted by molar-refractivity contribution is 7.10. The third-order valence-electron chi connectivity index (χ3n) is 2.57. The Morgan fingerprint density at radius 2 is 2.38 bits per heavy atom. The maximum Gasteiger partial charge on any atom is 0.317 e. The van der Waals surface area contributed by atoms with Gasteiger partial charge in [0.1, 0.15) is 0 Å². The SMILES string of the molecule is O=C(O)CN(Cc1cc(Cl)cs1)CC1CC1. The zero-order chi connectivity index (χ0) is 11.5. The van der Waals surface area contributed by atoms with E-state index in [0.717, 1.165) is 16.4 Å². The van der Waals surface area contributed by atoms with Gasteiger partial charge in [-0.15, -0.1) is 11.3 Å². The van der Waals surface area contributed by atoms with Crippen LogP contribution in [0.15, 0.2) is 11.4 Å². The lowest BCUT2D eigenvalue weighted by Crippen LogP contribution is -2.30. The summed E-state index contributed by atoms with van der Waals surface area (Å²) in [6.07, 6.45) is 2.47. The van der Waals surface area contributed by atoms with Crippen molar-refractivity contribution in [3.8, 4) is 0 Å². The highest BCUT2D eigenvalue weighted by Gasteiger charge is 2.25. The standard InChI is InChI=1S/C11H14ClNO2S/c12-9-3-10(16-7-9)5-13(6-11(14)15)4-8-1-2-8/h3,7-8H,1-2,4-6H2,(H,14,15). The molecule has 2 rings (SSSR count). The molecule has 1 aromatic heterocycles. The van der Waals surface area contributed by atoms with Gasteiger partial charge in [-0.2, -0.15) is 0 Å². The van der Waals surface area contributed by atoms with Crippen molar-refractivity contribution >= 4 is 28.9 Å². The van der Waals surface area contributed by atoms with Gasteiger partial charge in [0.25, 0.3) is 0 Å². The summed E-state index contributed by atoms with van der Waals surface area (Å²) in [6.45, 7) is 1.70. The summed E-state index contributed by atoms with van der Waals surface area (Å²) in [6, 6.07) is 1.91. The van der Waals surface area contributed by atoms with E-state index in [9.17, 15) is 4.79 Å². The molecule has 5 heteroatoms. The normalized spacial score (nSPS) is 15.6. The van der Waals surface area contributed by atoms with Gasteiger partial charge in [0.2, 0.25) is 0 Å². The number of nitrogens with zero attached hydrogens (tertiary/aromatic N) is 1. The molecule has 0 aliphatic heterocycles. The molecule has 1 N–H and O–H groups in total. The summed E-state index contributed by atoms with van der Waals surface area (Å²) < 4.78 is 0. The van der Waals surface area contributed by atoms with Gasteiger partial charge < -0.3 is 5.11 Å². The van der Waals surface area contributed by atoms with E-state index >= 15 is 0 Å². The molecule has 0 bridgehead atoms. The van der Waals surface area contributed by atoms with E-state index in [0.29, 0.717) is 12.5 Å². The first-order valence-corrected chi connectivity index (χ1v) is 6.56. The summed E-state index contributed by atoms with van der Waals surface area (Å²) in [4.78, 5) is 13.9. The van der Waals surface area contributed by atoms with Gasteiger partial charge in [-0.05, 0) is 24.8 Å². The molecular weight excluding hydrogens is 246 g/mol. The van der Waals surface area contributed by atoms with Crippen molar-refractivity contribution in [3.63, 3.8) is 0 Å². The zero-order valence-corrected chi connectivity index (χ0v) is 10.4. The molecule has 3 nitrogen and oxygen atoms in total. The molecule has 0 radical (unpaired) electrons. The number of hydrogen-bond acceptors (Lipinski definition) is 3. The Morgan fingerprint density at radius 1 is 1.62 bits per heavy atom. The number of carboxylic acids is 1. The topological polar surface area (TPSA) is 40.5 Å². The summed E-state index contributed by atoms with van der Waals surface area (Å²) in [5.41, 5.74) is 0. The van der Waals surface area contributed by atoms with Crippen molar-refractivity contribution in [1.82, 2.24) is 4.90 Å². The van der Waals surface area contributed by atoms with Crippen LogP contribution in [-0.4, -0.2) is 29.1 Å². The number of thiophene rings is 1. The molecule has 0 amide bonds. The Bertz CT molecular complexity index is 376. The Balaban J connectivity index is 1.91. The summed E-state index contributed by atoms with van der Waals surface area (Å²) in [5.74, 6) is -0.0573. The minimum atomic E-state index is -0.761. The highest BCUT2D eigenvalue weighted by atomic mass is 35.5. The Labute approximate surface area is 104 Å². The van der Waals surface area contributed by atoms with Crippen LogP contribution in [0.5, 0.6) is 0 Å². The smallest absolute Gasteiger partial charge is 0.317 e. The fourth-order valence-corrected chi connectivity index (χ4v) is 2.81. The molecule has 0 unspecified atom stereocenters. The summed E-state index contributed by atoms with van der Waals surface area (Å²) in [5, 5.41) is 11.5. The van der Waals surface area contributed by atoms with Gasteiger partial charge in [-0.1, -0.05) is 11.6 Å². The molecule has 0 spiro atoms. The predicted octanol–water partition coefficient (Wildman–Crippen LogP) is 2.70. The van der Waals surface area contributed by atoms with Crippen molar-refractivity contribution in [2.75, 3.05) is 13.1 Å². The van der Waals surface area contributed by atoms with Gasteiger partial charge in [-0.3, -0.25) is 9.69 Å². The van der Waals surface area contributed by atoms with Gasteiger partial charge in [0, 0.05) is 23.3 Å². The van der Waals surface area contributed by atoms with E-state index in [-0.39, 0.29) is 6.54 Å². The Hall–Kier alpha value is -0.580. The Morgan fingerprint density at radius 3 is 2.88 bits per heavy atom. The fourth-order valence-electron chi connectivity index (χ4n) is 1.70. The highest BCUT2D eigenvalue weighted by Crippen LogP contribution is 2.30. The Kier molecular flexibility index (Phi) is 3.84. The lowest BCUT2D eigenvalue weighted by Gasteiger charge is -2.18. The maximum atomic E-state index is 10.7. The molecule has 0 saturated heterocycles. The van der Waals surface area contributed by atoms with E-state index in [1.807, 2.05) is 16.3 Å². The van der Waals surface area contributed by atoms with Crippen molar-refractivity contribution in [1.29, 1.82) is 0 Å². The molecule has 1 aliphatic rings. The van der Waals surface area contributed by atoms with E-state index in [1.165, 1.54) is 12.8 Å². The van der Waals surface area contributed by atoms with Crippen molar-refractivity contribution < 1.29 is 9.90 Å². The number of hydrogen-bond donors (Lipinski definition) is 1. The van der Waals surface area contributed by atoms with E-state index in [2.05, 4.69) is 0 Å². The predicted molar refractivity (Wildman–Crippen MR) is 65.0 cm³/mol. The lowest BCUT2D eigenvalue weighted by atomic mass is 10.3. The molecular formula is C11H14ClNO2S. The van der Waals surface area contributed by atoms with Crippen LogP contribution in [-0.2, 0) is 11.3 Å². The molecule has 88 valence electrons. The average molecular weight is 260 g/mol. The van der Waals surface area contributed by atoms with Crippen LogP contribution in [0, 0.1) is 5.92 Å². The van der Waals surface area contributed by atoms with Gasteiger partial charge >= 0.3 is 5.97 Å². The lowest BCUT2D eigenvalue weighted by molar-refractivity contribution is -0.138. The van der Waals surface area contributed by atoms with Crippen molar-refractivity contribution in [2.45, 2.75) is 19.4 Å². The molecule has 1 fully saturated rings. The third-order valence-corrected chi connectivity index (χ3v) is 3.84. The van der Waals surface area contributed by atoms with Gasteiger partial charge in [-0.25, -0.2) is 0 Å². The first-order chi connectivity index (χ1) is 7.63. The zero-order valence-electron chi connectivity index (χ0n) is 8.86. The molecule has 1 aromatic rings. The van der Waals surface area contributed by atoms with E-state index in [1.54, 1.807) is 11.3 Å². The third kappa shape index (κ3) is 3.77. The number of halogens is 1. The number of aliphatic carboxylic acids is 1. The van der Waals surface area contributed by atoms with Gasteiger partial charge in [0.15, 0.2) is 0 Å². The van der Waals surface area contributed by atoms with Crippen LogP contribution in [0.4, 0.5) is 0 Å². The number of carbonyl (C=O) groups is 1. The molecule has 0 atom stereocenters. The summed E-state index contributed by atoms with van der Waals surface area (Å²) in [7, 11) is 0. The molecule has 16 heavy (non-hydrogen) atoms. The monoisotopic (exact) mass is 259 g/mol. The minimum absolute atomic E-state index is 0.117. The van der Waals surface area contributed by atoms with E-state index < -0.39 is 5.97 Å². The molecule has 1 heterocycles. The maximum absolute atomic E-state index is 10.7. The molecule has 1 saturated carbocycles. The van der Waals surface area contributed by atoms with Crippen LogP contribution in [0.25, 0.3) is 0 Å². The number of rotatable bonds is 6. The first-order valence-electron chi connectivity index (χ1n) is 5.30. The first kappa shape index (κ1) is 11.9. The fraction of sp³-hybridized carbons (Fsp3) is 0.545. The van der Waals surface area contributed by atoms with Crippen LogP contribution < -0.4 is 0 Å².